The smallest absolute Gasteiger partial charge is 0.270 e. The number of piperazine rings is 1. The Morgan fingerprint density at radius 3 is 2.69 bits per heavy atom. The maximum atomic E-state index is 11.9. The summed E-state index contributed by atoms with van der Waals surface area (Å²) < 4.78 is 0. The fourth-order valence-corrected chi connectivity index (χ4v) is 1.62. The van der Waals surface area contributed by atoms with E-state index in [0.717, 1.165) is 0 Å². The monoisotopic (exact) mass is 224 g/mol. The van der Waals surface area contributed by atoms with Gasteiger partial charge in [-0.25, -0.2) is 5.43 Å². The first-order chi connectivity index (χ1) is 7.66. The van der Waals surface area contributed by atoms with E-state index in [2.05, 4.69) is 15.8 Å². The van der Waals surface area contributed by atoms with Crippen LogP contribution in [0.15, 0.2) is 5.10 Å². The zero-order valence-electron chi connectivity index (χ0n) is 8.65. The Kier molecular flexibility index (Phi) is 2.84. The van der Waals surface area contributed by atoms with Gasteiger partial charge in [-0.05, 0) is 0 Å². The van der Waals surface area contributed by atoms with Gasteiger partial charge in [0.25, 0.3) is 5.91 Å². The van der Waals surface area contributed by atoms with Gasteiger partial charge in [0, 0.05) is 25.9 Å². The van der Waals surface area contributed by atoms with Crippen molar-refractivity contribution in [2.75, 3.05) is 19.6 Å². The summed E-state index contributed by atoms with van der Waals surface area (Å²) in [6.45, 7) is 1.01. The number of amides is 3. The highest BCUT2D eigenvalue weighted by molar-refractivity contribution is 6.39. The average Bonchev–Trinajstić information content (AvgIpc) is 2.29. The highest BCUT2D eigenvalue weighted by atomic mass is 16.2. The average molecular weight is 224 g/mol. The molecule has 2 rings (SSSR count). The lowest BCUT2D eigenvalue weighted by Crippen LogP contribution is -2.52. The number of nitrogens with one attached hydrogen (secondary N) is 2. The molecule has 2 heterocycles. The van der Waals surface area contributed by atoms with Crippen LogP contribution in [-0.2, 0) is 14.4 Å². The molecular weight excluding hydrogens is 212 g/mol. The minimum atomic E-state index is -0.269. The summed E-state index contributed by atoms with van der Waals surface area (Å²) in [4.78, 5) is 35.3. The molecule has 86 valence electrons. The second-order valence-corrected chi connectivity index (χ2v) is 3.67. The Labute approximate surface area is 91.9 Å². The van der Waals surface area contributed by atoms with Crippen molar-refractivity contribution in [1.29, 1.82) is 0 Å². The van der Waals surface area contributed by atoms with Crippen molar-refractivity contribution in [3.8, 4) is 0 Å². The Bertz CT molecular complexity index is 377. The van der Waals surface area contributed by atoms with Gasteiger partial charge >= 0.3 is 0 Å². The van der Waals surface area contributed by atoms with E-state index in [-0.39, 0.29) is 30.7 Å². The van der Waals surface area contributed by atoms with Crippen LogP contribution in [-0.4, -0.2) is 48.0 Å². The maximum Gasteiger partial charge on any atom is 0.270 e. The van der Waals surface area contributed by atoms with Crippen molar-refractivity contribution in [2.24, 2.45) is 5.10 Å². The highest BCUT2D eigenvalue weighted by Crippen LogP contribution is 2.04. The van der Waals surface area contributed by atoms with Crippen LogP contribution >= 0.6 is 0 Å². The van der Waals surface area contributed by atoms with Gasteiger partial charge in [-0.1, -0.05) is 0 Å². The normalized spacial score (nSPS) is 21.0. The van der Waals surface area contributed by atoms with E-state index < -0.39 is 0 Å². The van der Waals surface area contributed by atoms with Crippen LogP contribution in [0, 0.1) is 0 Å². The molecule has 0 aromatic rings. The summed E-state index contributed by atoms with van der Waals surface area (Å²) in [6, 6.07) is 0. The SMILES string of the molecule is O=C1CN(C(=O)C2=NNC(=O)CC2)CCN1. The molecule has 0 aromatic heterocycles. The third-order valence-corrected chi connectivity index (χ3v) is 2.48. The number of carbonyl (C=O) groups excluding carboxylic acids is 3. The van der Waals surface area contributed by atoms with E-state index in [1.54, 1.807) is 0 Å². The van der Waals surface area contributed by atoms with Crippen LogP contribution in [0.4, 0.5) is 0 Å². The fourth-order valence-electron chi connectivity index (χ4n) is 1.62. The second kappa shape index (κ2) is 4.30. The molecule has 0 radical (unpaired) electrons. The van der Waals surface area contributed by atoms with Gasteiger partial charge < -0.3 is 10.2 Å². The van der Waals surface area contributed by atoms with E-state index in [1.807, 2.05) is 0 Å². The van der Waals surface area contributed by atoms with Crippen molar-refractivity contribution in [1.82, 2.24) is 15.6 Å². The lowest BCUT2D eigenvalue weighted by molar-refractivity contribution is -0.133. The number of nitrogens with zero attached hydrogens (tertiary/aromatic N) is 2. The molecule has 0 saturated carbocycles. The van der Waals surface area contributed by atoms with Crippen LogP contribution in [0.1, 0.15) is 12.8 Å². The molecule has 0 aromatic carbocycles. The molecule has 2 N–H and O–H groups in total. The molecule has 7 nitrogen and oxygen atoms in total. The quantitative estimate of drug-likeness (QED) is 0.551. The number of carbonyl (C=O) groups is 3. The Morgan fingerprint density at radius 1 is 1.25 bits per heavy atom. The van der Waals surface area contributed by atoms with Gasteiger partial charge in [0.2, 0.25) is 11.8 Å². The molecule has 16 heavy (non-hydrogen) atoms. The molecule has 2 aliphatic heterocycles. The largest absolute Gasteiger partial charge is 0.353 e. The summed E-state index contributed by atoms with van der Waals surface area (Å²) in [5.74, 6) is -0.622. The topological polar surface area (TPSA) is 90.9 Å². The maximum absolute atomic E-state index is 11.9. The van der Waals surface area contributed by atoms with Crippen molar-refractivity contribution in [3.63, 3.8) is 0 Å². The lowest BCUT2D eigenvalue weighted by Gasteiger charge is -2.27. The molecule has 3 amide bonds. The van der Waals surface area contributed by atoms with Crippen molar-refractivity contribution >= 4 is 23.4 Å². The molecular formula is C9H12N4O3. The van der Waals surface area contributed by atoms with Gasteiger partial charge in [-0.15, -0.1) is 0 Å². The van der Waals surface area contributed by atoms with E-state index in [9.17, 15) is 14.4 Å². The highest BCUT2D eigenvalue weighted by Gasteiger charge is 2.26. The molecule has 0 spiro atoms. The standard InChI is InChI=1S/C9H12N4O3/c14-7-2-1-6(11-12-7)9(16)13-4-3-10-8(15)5-13/h1-5H2,(H,10,15)(H,12,14). The Hall–Kier alpha value is -1.92. The van der Waals surface area contributed by atoms with Gasteiger partial charge in [0.05, 0.1) is 6.54 Å². The molecule has 7 heteroatoms. The molecule has 1 saturated heterocycles. The lowest BCUT2D eigenvalue weighted by atomic mass is 10.1. The molecule has 0 atom stereocenters. The number of hydrogen-bond donors (Lipinski definition) is 2. The van der Waals surface area contributed by atoms with Crippen LogP contribution < -0.4 is 10.7 Å². The van der Waals surface area contributed by atoms with Crippen LogP contribution in [0.25, 0.3) is 0 Å². The predicted molar refractivity (Wildman–Crippen MR) is 54.4 cm³/mol. The summed E-state index contributed by atoms with van der Waals surface area (Å²) in [7, 11) is 0. The molecule has 0 bridgehead atoms. The zero-order valence-corrected chi connectivity index (χ0v) is 8.65. The third kappa shape index (κ3) is 2.18. The first-order valence-electron chi connectivity index (χ1n) is 5.08. The van der Waals surface area contributed by atoms with Gasteiger partial charge in [0.1, 0.15) is 5.71 Å². The second-order valence-electron chi connectivity index (χ2n) is 3.67. The van der Waals surface area contributed by atoms with E-state index in [1.165, 1.54) is 4.90 Å². The third-order valence-electron chi connectivity index (χ3n) is 2.48. The summed E-state index contributed by atoms with van der Waals surface area (Å²) >= 11 is 0. The number of hydrazone groups is 1. The summed E-state index contributed by atoms with van der Waals surface area (Å²) in [5.41, 5.74) is 2.58. The molecule has 1 fully saturated rings. The van der Waals surface area contributed by atoms with Crippen LogP contribution in [0.3, 0.4) is 0 Å². The van der Waals surface area contributed by atoms with Gasteiger partial charge in [0.15, 0.2) is 0 Å². The predicted octanol–water partition coefficient (Wildman–Crippen LogP) is -1.79. The molecule has 0 aliphatic carbocycles. The Morgan fingerprint density at radius 2 is 2.06 bits per heavy atom. The van der Waals surface area contributed by atoms with Gasteiger partial charge in [-0.2, -0.15) is 5.10 Å². The van der Waals surface area contributed by atoms with Crippen LogP contribution in [0.5, 0.6) is 0 Å². The summed E-state index contributed by atoms with van der Waals surface area (Å²) in [6.07, 6.45) is 0.605. The number of hydrogen-bond acceptors (Lipinski definition) is 4. The van der Waals surface area contributed by atoms with E-state index in [0.29, 0.717) is 25.2 Å². The summed E-state index contributed by atoms with van der Waals surface area (Å²) in [5, 5.41) is 6.34. The first-order valence-corrected chi connectivity index (χ1v) is 5.08. The van der Waals surface area contributed by atoms with E-state index in [4.69, 9.17) is 0 Å². The first kappa shape index (κ1) is 10.6. The number of rotatable bonds is 1. The Balaban J connectivity index is 2.01. The fraction of sp³-hybridized carbons (Fsp3) is 0.556. The molecule has 2 aliphatic rings. The zero-order chi connectivity index (χ0) is 11.5. The van der Waals surface area contributed by atoms with Crippen molar-refractivity contribution < 1.29 is 14.4 Å². The van der Waals surface area contributed by atoms with Crippen molar-refractivity contribution in [2.45, 2.75) is 12.8 Å². The minimum Gasteiger partial charge on any atom is -0.353 e. The van der Waals surface area contributed by atoms with Crippen LogP contribution in [0.2, 0.25) is 0 Å². The van der Waals surface area contributed by atoms with E-state index >= 15 is 0 Å². The van der Waals surface area contributed by atoms with Crippen molar-refractivity contribution in [3.05, 3.63) is 0 Å². The van der Waals surface area contributed by atoms with Gasteiger partial charge in [-0.3, -0.25) is 14.4 Å². The molecule has 0 unspecified atom stereocenters. The minimum absolute atomic E-state index is 0.0613.